The van der Waals surface area contributed by atoms with Crippen molar-refractivity contribution in [3.63, 3.8) is 0 Å². The molecule has 0 aromatic carbocycles. The van der Waals surface area contributed by atoms with Crippen LogP contribution in [0.15, 0.2) is 0 Å². The molecule has 2 unspecified atom stereocenters. The van der Waals surface area contributed by atoms with E-state index in [9.17, 15) is 68.4 Å². The molecule has 21 nitrogen and oxygen atoms in total. The van der Waals surface area contributed by atoms with E-state index in [4.69, 9.17) is 0 Å². The molecule has 0 spiro atoms. The molecular weight excluding hydrogens is 959 g/mol. The van der Waals surface area contributed by atoms with E-state index in [1.54, 1.807) is 69.2 Å². The van der Waals surface area contributed by atoms with Crippen LogP contribution >= 0.6 is 0 Å². The van der Waals surface area contributed by atoms with E-state index >= 15 is 0 Å². The van der Waals surface area contributed by atoms with E-state index in [2.05, 4.69) is 58.0 Å². The van der Waals surface area contributed by atoms with Gasteiger partial charge in [-0.3, -0.25) is 43.2 Å². The van der Waals surface area contributed by atoms with Crippen molar-refractivity contribution in [2.24, 2.45) is 41.4 Å². The number of carboxylic acids is 3. The van der Waals surface area contributed by atoms with Crippen molar-refractivity contribution in [2.75, 3.05) is 0 Å². The van der Waals surface area contributed by atoms with Crippen LogP contribution in [0.3, 0.4) is 0 Å². The molecule has 11 N–H and O–H groups in total. The van der Waals surface area contributed by atoms with Crippen molar-refractivity contribution in [3.05, 3.63) is 0 Å². The molecule has 0 fully saturated rings. The van der Waals surface area contributed by atoms with Crippen LogP contribution < -0.4 is 37.2 Å². The minimum Gasteiger partial charge on any atom is -0.481 e. The van der Waals surface area contributed by atoms with Gasteiger partial charge < -0.3 is 57.6 Å². The van der Waals surface area contributed by atoms with Crippen molar-refractivity contribution in [3.8, 4) is 0 Å². The molecular formula is C53H95N7O14. The van der Waals surface area contributed by atoms with Crippen LogP contribution in [0, 0.1) is 41.4 Å². The number of hydrogen-bond donors (Lipinski definition) is 11. The molecule has 0 aromatic rings. The number of nitrogens with one attached hydrogen (secondary N) is 7. The van der Waals surface area contributed by atoms with Crippen LogP contribution in [0.5, 0.6) is 0 Å². The lowest BCUT2D eigenvalue weighted by molar-refractivity contribution is -0.143. The predicted molar refractivity (Wildman–Crippen MR) is 280 cm³/mol. The van der Waals surface area contributed by atoms with Crippen LogP contribution in [-0.2, 0) is 47.9 Å². The number of hydrogen-bond acceptors (Lipinski definition) is 11. The van der Waals surface area contributed by atoms with E-state index < -0.39 is 126 Å². The third-order valence-electron chi connectivity index (χ3n) is 12.6. The number of carbonyl (C=O) groups is 10. The summed E-state index contributed by atoms with van der Waals surface area (Å²) in [4.78, 5) is 132. The van der Waals surface area contributed by atoms with Crippen LogP contribution in [0.1, 0.15) is 186 Å². The van der Waals surface area contributed by atoms with E-state index in [1.807, 2.05) is 0 Å². The maximum absolute atomic E-state index is 14.1. The van der Waals surface area contributed by atoms with E-state index in [0.29, 0.717) is 24.7 Å². The summed E-state index contributed by atoms with van der Waals surface area (Å²) in [5.74, 6) is -10.0. The Morgan fingerprint density at radius 3 is 1.22 bits per heavy atom. The fraction of sp³-hybridized carbons (Fsp3) is 0.811. The highest BCUT2D eigenvalue weighted by molar-refractivity contribution is 5.98. The molecule has 74 heavy (non-hydrogen) atoms. The zero-order valence-electron chi connectivity index (χ0n) is 46.6. The summed E-state index contributed by atoms with van der Waals surface area (Å²) in [5.41, 5.74) is 0. The number of aliphatic carboxylic acids is 3. The summed E-state index contributed by atoms with van der Waals surface area (Å²) < 4.78 is 0. The normalized spacial score (nSPS) is 15.7. The highest BCUT2D eigenvalue weighted by atomic mass is 16.4. The van der Waals surface area contributed by atoms with Gasteiger partial charge in [0.1, 0.15) is 42.3 Å². The lowest BCUT2D eigenvalue weighted by atomic mass is 9.91. The van der Waals surface area contributed by atoms with Crippen molar-refractivity contribution in [1.29, 1.82) is 0 Å². The summed E-state index contributed by atoms with van der Waals surface area (Å²) in [5, 5.41) is 57.3. The first-order chi connectivity index (χ1) is 34.4. The fourth-order valence-corrected chi connectivity index (χ4v) is 8.45. The molecule has 0 bridgehead atoms. The van der Waals surface area contributed by atoms with Crippen LogP contribution in [0.25, 0.3) is 0 Å². The van der Waals surface area contributed by atoms with Gasteiger partial charge in [-0.2, -0.15) is 0 Å². The molecule has 0 aliphatic rings. The largest absolute Gasteiger partial charge is 0.481 e. The second kappa shape index (κ2) is 35.8. The number of unbranched alkanes of at least 4 members (excludes halogenated alkanes) is 2. The summed E-state index contributed by atoms with van der Waals surface area (Å²) in [7, 11) is 0. The summed E-state index contributed by atoms with van der Waals surface area (Å²) in [6.07, 6.45) is 3.52. The molecule has 0 saturated carbocycles. The van der Waals surface area contributed by atoms with Gasteiger partial charge in [0.25, 0.3) is 0 Å². The Bertz CT molecular complexity index is 1810. The zero-order valence-corrected chi connectivity index (χ0v) is 46.6. The molecule has 0 heterocycles. The first-order valence-electron chi connectivity index (χ1n) is 26.8. The Hall–Kier alpha value is -5.34. The number of amides is 7. The van der Waals surface area contributed by atoms with Gasteiger partial charge in [-0.25, -0.2) is 4.79 Å². The number of rotatable bonds is 39. The molecule has 10 atom stereocenters. The van der Waals surface area contributed by atoms with Gasteiger partial charge in [0.05, 0.1) is 18.9 Å². The standard InChI is InChI=1S/C53H95N7O14/c1-14-34(12)26-35(13)18-16-15-17-19-36(61)27-43(62)54-37(20-21-44(63)64)47(67)55-38(22-29(2)3)48(68)57-40(24-31(6)7)51(71)60-46(33(10)11)52(72)58-41(28-45(65)66)50(70)56-39(23-30(4)5)49(69)59-42(53(73)74)25-32(8)9/h29-42,46,61H,14-28H2,1-13H3,(H,54,62)(H,55,67)(H,56,70)(H,57,68)(H,58,72)(H,59,69)(H,60,71)(H,63,64)(H,65,66)(H,73,74)/t34?,35?,36-,37+,38+,39+,40+,41+,42+,46-/m1/s1. The van der Waals surface area contributed by atoms with Gasteiger partial charge in [0, 0.05) is 6.42 Å². The quantitative estimate of drug-likeness (QED) is 0.0380. The Labute approximate surface area is 439 Å². The Kier molecular flexibility index (Phi) is 33.2. The number of carbonyl (C=O) groups excluding carboxylic acids is 7. The smallest absolute Gasteiger partial charge is 0.326 e. The second-order valence-electron chi connectivity index (χ2n) is 22.4. The summed E-state index contributed by atoms with van der Waals surface area (Å²) in [6.45, 7) is 24.0. The lowest BCUT2D eigenvalue weighted by Crippen LogP contribution is -2.61. The molecule has 0 radical (unpaired) electrons. The molecule has 7 amide bonds. The van der Waals surface area contributed by atoms with Gasteiger partial charge in [-0.1, -0.05) is 122 Å². The van der Waals surface area contributed by atoms with Crippen molar-refractivity contribution >= 4 is 59.3 Å². The summed E-state index contributed by atoms with van der Waals surface area (Å²) in [6, 6.07) is -9.66. The first kappa shape index (κ1) is 68.7. The first-order valence-corrected chi connectivity index (χ1v) is 26.8. The molecule has 0 rings (SSSR count). The molecule has 0 saturated heterocycles. The number of aliphatic hydroxyl groups excluding tert-OH is 1. The van der Waals surface area contributed by atoms with E-state index in [1.165, 1.54) is 0 Å². The van der Waals surface area contributed by atoms with Gasteiger partial charge in [0.2, 0.25) is 41.4 Å². The second-order valence-corrected chi connectivity index (χ2v) is 22.4. The van der Waals surface area contributed by atoms with Crippen molar-refractivity contribution in [1.82, 2.24) is 37.2 Å². The average Bonchev–Trinajstić information content (AvgIpc) is 3.26. The third kappa shape index (κ3) is 30.1. The SMILES string of the molecule is CCC(C)CC(C)CCCCC[C@@H](O)CC(=O)N[C@@H](CCC(=O)O)C(=O)N[C@@H](CC(C)C)C(=O)N[C@@H](CC(C)C)C(=O)N[C@@H](C(=O)N[C@@H](CC(=O)O)C(=O)N[C@@H](CC(C)C)C(=O)N[C@@H](CC(C)C)C(=O)O)C(C)C. The van der Waals surface area contributed by atoms with Gasteiger partial charge in [0.15, 0.2) is 0 Å². The maximum atomic E-state index is 14.1. The van der Waals surface area contributed by atoms with E-state index in [-0.39, 0.29) is 62.2 Å². The van der Waals surface area contributed by atoms with Crippen molar-refractivity contribution in [2.45, 2.75) is 235 Å². The number of aliphatic hydroxyl groups is 1. The fourth-order valence-electron chi connectivity index (χ4n) is 8.45. The highest BCUT2D eigenvalue weighted by Crippen LogP contribution is 2.21. The average molecular weight is 1050 g/mol. The third-order valence-corrected chi connectivity index (χ3v) is 12.6. The lowest BCUT2D eigenvalue weighted by Gasteiger charge is -2.29. The van der Waals surface area contributed by atoms with Gasteiger partial charge >= 0.3 is 17.9 Å². The molecule has 0 aliphatic carbocycles. The Morgan fingerprint density at radius 2 is 0.797 bits per heavy atom. The van der Waals surface area contributed by atoms with E-state index in [0.717, 1.165) is 32.1 Å². The maximum Gasteiger partial charge on any atom is 0.326 e. The monoisotopic (exact) mass is 1050 g/mol. The molecule has 0 aromatic heterocycles. The highest BCUT2D eigenvalue weighted by Gasteiger charge is 2.36. The molecule has 426 valence electrons. The Balaban J connectivity index is 6.28. The topological polar surface area (TPSA) is 336 Å². The number of carboxylic acid groups (broad SMARTS) is 3. The minimum absolute atomic E-state index is 0.0419. The molecule has 0 aliphatic heterocycles. The summed E-state index contributed by atoms with van der Waals surface area (Å²) >= 11 is 0. The zero-order chi connectivity index (χ0) is 57.0. The van der Waals surface area contributed by atoms with Gasteiger partial charge in [-0.05, 0) is 86.4 Å². The minimum atomic E-state index is -1.75. The Morgan fingerprint density at radius 1 is 0.392 bits per heavy atom. The van der Waals surface area contributed by atoms with Crippen LogP contribution in [-0.4, -0.2) is 128 Å². The predicted octanol–water partition coefficient (Wildman–Crippen LogP) is 4.42. The van der Waals surface area contributed by atoms with Crippen molar-refractivity contribution < 1.29 is 68.4 Å². The van der Waals surface area contributed by atoms with Crippen LogP contribution in [0.4, 0.5) is 0 Å². The van der Waals surface area contributed by atoms with Crippen LogP contribution in [0.2, 0.25) is 0 Å². The van der Waals surface area contributed by atoms with Gasteiger partial charge in [-0.15, -0.1) is 0 Å². The molecule has 21 heteroatoms.